The van der Waals surface area contributed by atoms with Crippen molar-refractivity contribution in [2.75, 3.05) is 25.5 Å². The predicted molar refractivity (Wildman–Crippen MR) is 92.0 cm³/mol. The number of nitrogens with zero attached hydrogens (tertiary/aromatic N) is 2. The van der Waals surface area contributed by atoms with Crippen LogP contribution in [0, 0.1) is 5.92 Å². The molecule has 2 heterocycles. The summed E-state index contributed by atoms with van der Waals surface area (Å²) in [6.45, 7) is 0.628. The monoisotopic (exact) mass is 371 g/mol. The number of piperidine rings is 1. The van der Waals surface area contributed by atoms with Gasteiger partial charge in [-0.25, -0.2) is 4.72 Å². The van der Waals surface area contributed by atoms with Crippen LogP contribution in [0.4, 0.5) is 5.82 Å². The van der Waals surface area contributed by atoms with Gasteiger partial charge in [0.2, 0.25) is 5.91 Å². The summed E-state index contributed by atoms with van der Waals surface area (Å²) >= 11 is 6.08. The van der Waals surface area contributed by atoms with Crippen LogP contribution in [-0.4, -0.2) is 49.0 Å². The number of fused-ring (bicyclic) bond motifs is 1. The van der Waals surface area contributed by atoms with Gasteiger partial charge >= 0.3 is 0 Å². The molecule has 1 aromatic carbocycles. The van der Waals surface area contributed by atoms with Crippen molar-refractivity contribution in [3.8, 4) is 0 Å². The van der Waals surface area contributed by atoms with Gasteiger partial charge in [0.25, 0.3) is 10.2 Å². The fourth-order valence-corrected chi connectivity index (χ4v) is 3.98. The lowest BCUT2D eigenvalue weighted by atomic mass is 9.97. The third-order valence-corrected chi connectivity index (χ3v) is 6.09. The lowest BCUT2D eigenvalue weighted by molar-refractivity contribution is -0.120. The van der Waals surface area contributed by atoms with Crippen molar-refractivity contribution in [3.63, 3.8) is 0 Å². The van der Waals surface area contributed by atoms with Crippen molar-refractivity contribution >= 4 is 44.4 Å². The second-order valence-electron chi connectivity index (χ2n) is 5.61. The number of H-pyrrole nitrogens is 1. The van der Waals surface area contributed by atoms with E-state index in [1.165, 1.54) is 11.4 Å². The molecule has 1 aromatic heterocycles. The maximum atomic E-state index is 12.4. The van der Waals surface area contributed by atoms with Gasteiger partial charge in [-0.3, -0.25) is 9.89 Å². The molecule has 1 fully saturated rings. The number of nitrogens with one attached hydrogen (secondary N) is 3. The molecule has 130 valence electrons. The molecule has 1 aliphatic heterocycles. The van der Waals surface area contributed by atoms with Gasteiger partial charge in [0.1, 0.15) is 0 Å². The largest absolute Gasteiger partial charge is 0.308 e. The zero-order chi connectivity index (χ0) is 17.3. The van der Waals surface area contributed by atoms with E-state index in [9.17, 15) is 13.2 Å². The molecular formula is C14H18ClN5O3S. The Kier molecular flexibility index (Phi) is 4.77. The van der Waals surface area contributed by atoms with Crippen molar-refractivity contribution in [1.29, 1.82) is 0 Å². The molecule has 0 spiro atoms. The third-order valence-electron chi connectivity index (χ3n) is 4.21. The van der Waals surface area contributed by atoms with Crippen molar-refractivity contribution in [3.05, 3.63) is 23.2 Å². The Bertz CT molecular complexity index is 858. The molecule has 1 saturated heterocycles. The minimum atomic E-state index is -3.43. The number of carbonyl (C=O) groups excluding carboxylic acids is 1. The van der Waals surface area contributed by atoms with E-state index in [1.54, 1.807) is 12.1 Å². The minimum absolute atomic E-state index is 0.162. The molecule has 0 radical (unpaired) electrons. The molecular weight excluding hydrogens is 354 g/mol. The standard InChI is InChI=1S/C14H18ClN5O3S/c1-16-24(22,23)20-7-5-9(6-8-20)14(21)17-13-10-3-2-4-11(15)12(10)18-19-13/h2-4,9,16H,5-8H2,1H3,(H2,17,18,19,21). The highest BCUT2D eigenvalue weighted by atomic mass is 35.5. The number of carbonyl (C=O) groups is 1. The second-order valence-corrected chi connectivity index (χ2v) is 7.89. The van der Waals surface area contributed by atoms with Crippen molar-refractivity contribution in [1.82, 2.24) is 19.2 Å². The molecule has 3 rings (SSSR count). The summed E-state index contributed by atoms with van der Waals surface area (Å²) in [5, 5.41) is 11.0. The Hall–Kier alpha value is -1.68. The summed E-state index contributed by atoms with van der Waals surface area (Å²) in [4.78, 5) is 12.4. The Morgan fingerprint density at radius 2 is 2.08 bits per heavy atom. The molecule has 24 heavy (non-hydrogen) atoms. The fraction of sp³-hybridized carbons (Fsp3) is 0.429. The highest BCUT2D eigenvalue weighted by Crippen LogP contribution is 2.27. The Balaban J connectivity index is 1.67. The van der Waals surface area contributed by atoms with Gasteiger partial charge in [-0.2, -0.15) is 17.8 Å². The van der Waals surface area contributed by atoms with Gasteiger partial charge in [0, 0.05) is 31.4 Å². The first-order valence-corrected chi connectivity index (χ1v) is 9.36. The molecule has 8 nitrogen and oxygen atoms in total. The highest BCUT2D eigenvalue weighted by molar-refractivity contribution is 7.87. The smallest absolute Gasteiger partial charge is 0.279 e. The van der Waals surface area contributed by atoms with Crippen LogP contribution >= 0.6 is 11.6 Å². The molecule has 10 heteroatoms. The van der Waals surface area contributed by atoms with Gasteiger partial charge in [-0.1, -0.05) is 17.7 Å². The van der Waals surface area contributed by atoms with Gasteiger partial charge < -0.3 is 5.32 Å². The zero-order valence-corrected chi connectivity index (χ0v) is 14.6. The third kappa shape index (κ3) is 3.25. The summed E-state index contributed by atoms with van der Waals surface area (Å²) < 4.78 is 27.1. The maximum Gasteiger partial charge on any atom is 0.279 e. The van der Waals surface area contributed by atoms with Crippen LogP contribution in [0.3, 0.4) is 0 Å². The molecule has 3 N–H and O–H groups in total. The summed E-state index contributed by atoms with van der Waals surface area (Å²) in [6.07, 6.45) is 0.936. The number of aromatic amines is 1. The summed E-state index contributed by atoms with van der Waals surface area (Å²) in [5.74, 6) is 0.0203. The van der Waals surface area contributed by atoms with Gasteiger partial charge in [0.15, 0.2) is 5.82 Å². The topological polar surface area (TPSA) is 107 Å². The van der Waals surface area contributed by atoms with Gasteiger partial charge in [0.05, 0.1) is 10.5 Å². The van der Waals surface area contributed by atoms with Crippen molar-refractivity contribution in [2.45, 2.75) is 12.8 Å². The predicted octanol–water partition coefficient (Wildman–Crippen LogP) is 1.33. The van der Waals surface area contributed by atoms with E-state index in [-0.39, 0.29) is 11.8 Å². The maximum absolute atomic E-state index is 12.4. The molecule has 0 bridgehead atoms. The fourth-order valence-electron chi connectivity index (χ4n) is 2.81. The molecule has 0 saturated carbocycles. The lowest BCUT2D eigenvalue weighted by Crippen LogP contribution is -2.45. The van der Waals surface area contributed by atoms with E-state index in [1.807, 2.05) is 6.07 Å². The van der Waals surface area contributed by atoms with E-state index in [4.69, 9.17) is 11.6 Å². The molecule has 1 aliphatic rings. The van der Waals surface area contributed by atoms with E-state index < -0.39 is 10.2 Å². The van der Waals surface area contributed by atoms with E-state index in [0.29, 0.717) is 42.3 Å². The first-order chi connectivity index (χ1) is 11.4. The van der Waals surface area contributed by atoms with Crippen molar-refractivity contribution in [2.24, 2.45) is 5.92 Å². The van der Waals surface area contributed by atoms with Crippen molar-refractivity contribution < 1.29 is 13.2 Å². The first-order valence-electron chi connectivity index (χ1n) is 7.54. The molecule has 2 aromatic rings. The normalized spacial score (nSPS) is 17.2. The van der Waals surface area contributed by atoms with Crippen LogP contribution < -0.4 is 10.0 Å². The number of hydrogen-bond donors (Lipinski definition) is 3. The summed E-state index contributed by atoms with van der Waals surface area (Å²) in [5.41, 5.74) is 0.671. The number of amides is 1. The van der Waals surface area contributed by atoms with Crippen LogP contribution in [0.15, 0.2) is 18.2 Å². The van der Waals surface area contributed by atoms with E-state index in [2.05, 4.69) is 20.2 Å². The summed E-state index contributed by atoms with van der Waals surface area (Å²) in [6, 6.07) is 5.35. The van der Waals surface area contributed by atoms with Crippen LogP contribution in [0.5, 0.6) is 0 Å². The second kappa shape index (κ2) is 6.67. The molecule has 0 aliphatic carbocycles. The first kappa shape index (κ1) is 17.2. The van der Waals surface area contributed by atoms with Gasteiger partial charge in [-0.05, 0) is 25.0 Å². The Morgan fingerprint density at radius 3 is 2.75 bits per heavy atom. The average Bonchev–Trinajstić information content (AvgIpc) is 2.99. The zero-order valence-electron chi connectivity index (χ0n) is 13.0. The quantitative estimate of drug-likeness (QED) is 0.753. The SMILES string of the molecule is CNS(=O)(=O)N1CCC(C(=O)Nc2n[nH]c3c(Cl)cccc23)CC1. The van der Waals surface area contributed by atoms with Gasteiger partial charge in [-0.15, -0.1) is 0 Å². The van der Waals surface area contributed by atoms with E-state index in [0.717, 1.165) is 5.39 Å². The number of aromatic nitrogens is 2. The van der Waals surface area contributed by atoms with E-state index >= 15 is 0 Å². The Labute approximate surface area is 144 Å². The Morgan fingerprint density at radius 1 is 1.38 bits per heavy atom. The number of hydrogen-bond acceptors (Lipinski definition) is 4. The van der Waals surface area contributed by atoms with Crippen LogP contribution in [0.25, 0.3) is 10.9 Å². The lowest BCUT2D eigenvalue weighted by Gasteiger charge is -2.29. The number of benzene rings is 1. The van der Waals surface area contributed by atoms with Crippen LogP contribution in [0.2, 0.25) is 5.02 Å². The van der Waals surface area contributed by atoms with Crippen LogP contribution in [-0.2, 0) is 15.0 Å². The highest BCUT2D eigenvalue weighted by Gasteiger charge is 2.30. The average molecular weight is 372 g/mol. The number of para-hydroxylation sites is 1. The molecule has 0 atom stereocenters. The molecule has 1 amide bonds. The number of rotatable bonds is 4. The van der Waals surface area contributed by atoms with Crippen LogP contribution in [0.1, 0.15) is 12.8 Å². The molecule has 0 unspecified atom stereocenters. The summed E-state index contributed by atoms with van der Waals surface area (Å²) in [7, 11) is -2.06. The minimum Gasteiger partial charge on any atom is -0.308 e. The number of anilines is 1. The number of halogens is 1.